The van der Waals surface area contributed by atoms with Crippen molar-refractivity contribution in [2.24, 2.45) is 11.8 Å². The molecule has 2 atom stereocenters. The van der Waals surface area contributed by atoms with Crippen LogP contribution in [0.3, 0.4) is 0 Å². The van der Waals surface area contributed by atoms with E-state index in [-0.39, 0.29) is 0 Å². The quantitative estimate of drug-likeness (QED) is 0.558. The highest BCUT2D eigenvalue weighted by Crippen LogP contribution is 2.35. The van der Waals surface area contributed by atoms with Crippen LogP contribution in [0.4, 0.5) is 0 Å². The van der Waals surface area contributed by atoms with Crippen LogP contribution in [0.2, 0.25) is 0 Å². The van der Waals surface area contributed by atoms with E-state index in [2.05, 4.69) is 5.32 Å². The Kier molecular flexibility index (Phi) is 1.84. The minimum atomic E-state index is 0.324. The van der Waals surface area contributed by atoms with E-state index in [0.29, 0.717) is 11.8 Å². The number of fused-ring (bicyclic) bond motifs is 1. The van der Waals surface area contributed by atoms with Gasteiger partial charge in [0.1, 0.15) is 0 Å². The molecular weight excluding hydrogens is 138 g/mol. The number of amides is 1. The maximum atomic E-state index is 11.4. The zero-order valence-corrected chi connectivity index (χ0v) is 6.81. The van der Waals surface area contributed by atoms with E-state index in [4.69, 9.17) is 0 Å². The Morgan fingerprint density at radius 2 is 2.00 bits per heavy atom. The summed E-state index contributed by atoms with van der Waals surface area (Å²) in [6, 6.07) is 0. The molecule has 11 heavy (non-hydrogen) atoms. The molecule has 2 fully saturated rings. The second-order valence-corrected chi connectivity index (χ2v) is 3.73. The fourth-order valence-corrected chi connectivity index (χ4v) is 2.43. The summed E-state index contributed by atoms with van der Waals surface area (Å²) < 4.78 is 0. The second-order valence-electron chi connectivity index (χ2n) is 3.73. The molecule has 0 aromatic rings. The Morgan fingerprint density at radius 3 is 2.91 bits per heavy atom. The molecule has 1 saturated carbocycles. The molecule has 0 aromatic carbocycles. The molecule has 2 heteroatoms. The Bertz CT molecular complexity index is 167. The summed E-state index contributed by atoms with van der Waals surface area (Å²) in [5.74, 6) is 1.42. The van der Waals surface area contributed by atoms with Gasteiger partial charge in [-0.15, -0.1) is 0 Å². The van der Waals surface area contributed by atoms with Gasteiger partial charge in [0.15, 0.2) is 0 Å². The third kappa shape index (κ3) is 1.26. The summed E-state index contributed by atoms with van der Waals surface area (Å²) in [6.07, 6.45) is 6.15. The Balaban J connectivity index is 2.09. The number of rotatable bonds is 0. The van der Waals surface area contributed by atoms with Crippen molar-refractivity contribution in [1.29, 1.82) is 0 Å². The van der Waals surface area contributed by atoms with Crippen molar-refractivity contribution in [3.63, 3.8) is 0 Å². The third-order valence-electron chi connectivity index (χ3n) is 3.05. The molecule has 0 aromatic heterocycles. The molecule has 1 amide bonds. The van der Waals surface area contributed by atoms with E-state index >= 15 is 0 Å². The Morgan fingerprint density at radius 1 is 1.18 bits per heavy atom. The van der Waals surface area contributed by atoms with E-state index in [9.17, 15) is 4.79 Å². The summed E-state index contributed by atoms with van der Waals surface area (Å²) in [4.78, 5) is 11.4. The maximum absolute atomic E-state index is 11.4. The van der Waals surface area contributed by atoms with Crippen molar-refractivity contribution in [3.8, 4) is 0 Å². The Hall–Kier alpha value is -0.530. The lowest BCUT2D eigenvalue weighted by Crippen LogP contribution is -2.29. The van der Waals surface area contributed by atoms with E-state index in [1.165, 1.54) is 25.7 Å². The standard InChI is InChI=1S/C9H15NO/c11-9-8-5-1-3-7(8)4-2-6-10-9/h7-8H,1-6H2,(H,10,11)/t7-,8-/m0/s1. The van der Waals surface area contributed by atoms with Gasteiger partial charge in [-0.3, -0.25) is 4.79 Å². The number of carbonyl (C=O) groups excluding carboxylic acids is 1. The highest BCUT2D eigenvalue weighted by atomic mass is 16.1. The fourth-order valence-electron chi connectivity index (χ4n) is 2.43. The minimum absolute atomic E-state index is 0.324. The molecule has 0 unspecified atom stereocenters. The van der Waals surface area contributed by atoms with Crippen LogP contribution in [-0.4, -0.2) is 12.5 Å². The smallest absolute Gasteiger partial charge is 0.223 e. The van der Waals surface area contributed by atoms with E-state index in [1.54, 1.807) is 0 Å². The SMILES string of the molecule is O=C1NCCC[C@@H]2CCC[C@H]12. The number of hydrogen-bond donors (Lipinski definition) is 1. The molecule has 1 aliphatic heterocycles. The highest BCUT2D eigenvalue weighted by molar-refractivity contribution is 5.79. The number of hydrogen-bond acceptors (Lipinski definition) is 1. The summed E-state index contributed by atoms with van der Waals surface area (Å²) in [7, 11) is 0. The van der Waals surface area contributed by atoms with Crippen molar-refractivity contribution in [2.45, 2.75) is 32.1 Å². The van der Waals surface area contributed by atoms with Gasteiger partial charge in [-0.2, -0.15) is 0 Å². The normalized spacial score (nSPS) is 37.6. The van der Waals surface area contributed by atoms with Crippen LogP contribution in [0.5, 0.6) is 0 Å². The zero-order valence-electron chi connectivity index (χ0n) is 6.81. The monoisotopic (exact) mass is 153 g/mol. The van der Waals surface area contributed by atoms with Gasteiger partial charge >= 0.3 is 0 Å². The molecule has 1 aliphatic carbocycles. The van der Waals surface area contributed by atoms with Gasteiger partial charge in [-0.05, 0) is 31.6 Å². The van der Waals surface area contributed by atoms with E-state index < -0.39 is 0 Å². The van der Waals surface area contributed by atoms with Gasteiger partial charge in [-0.25, -0.2) is 0 Å². The average molecular weight is 153 g/mol. The van der Waals surface area contributed by atoms with Crippen LogP contribution in [0.15, 0.2) is 0 Å². The van der Waals surface area contributed by atoms with Crippen LogP contribution in [0.25, 0.3) is 0 Å². The maximum Gasteiger partial charge on any atom is 0.223 e. The van der Waals surface area contributed by atoms with Crippen LogP contribution < -0.4 is 5.32 Å². The minimum Gasteiger partial charge on any atom is -0.356 e. The molecule has 62 valence electrons. The van der Waals surface area contributed by atoms with Gasteiger partial charge < -0.3 is 5.32 Å². The van der Waals surface area contributed by atoms with Gasteiger partial charge in [0, 0.05) is 12.5 Å². The molecule has 1 heterocycles. The first-order valence-corrected chi connectivity index (χ1v) is 4.65. The highest BCUT2D eigenvalue weighted by Gasteiger charge is 2.33. The largest absolute Gasteiger partial charge is 0.356 e. The third-order valence-corrected chi connectivity index (χ3v) is 3.05. The van der Waals surface area contributed by atoms with E-state index in [1.807, 2.05) is 0 Å². The lowest BCUT2D eigenvalue weighted by molar-refractivity contribution is -0.125. The van der Waals surface area contributed by atoms with Crippen LogP contribution in [0, 0.1) is 11.8 Å². The lowest BCUT2D eigenvalue weighted by atomic mass is 9.93. The lowest BCUT2D eigenvalue weighted by Gasteiger charge is -2.12. The summed E-state index contributed by atoms with van der Waals surface area (Å²) in [6.45, 7) is 0.909. The van der Waals surface area contributed by atoms with Crippen LogP contribution in [0.1, 0.15) is 32.1 Å². The molecule has 1 saturated heterocycles. The van der Waals surface area contributed by atoms with Crippen LogP contribution >= 0.6 is 0 Å². The van der Waals surface area contributed by atoms with Crippen molar-refractivity contribution < 1.29 is 4.79 Å². The van der Waals surface area contributed by atoms with Crippen molar-refractivity contribution >= 4 is 5.91 Å². The topological polar surface area (TPSA) is 29.1 Å². The molecule has 1 N–H and O–H groups in total. The molecule has 2 rings (SSSR count). The van der Waals surface area contributed by atoms with Crippen LogP contribution in [-0.2, 0) is 4.79 Å². The zero-order chi connectivity index (χ0) is 7.68. The number of nitrogens with one attached hydrogen (secondary N) is 1. The summed E-state index contributed by atoms with van der Waals surface area (Å²) in [5, 5.41) is 2.98. The summed E-state index contributed by atoms with van der Waals surface area (Å²) in [5.41, 5.74) is 0. The first-order valence-electron chi connectivity index (χ1n) is 4.65. The van der Waals surface area contributed by atoms with E-state index in [0.717, 1.165) is 18.9 Å². The van der Waals surface area contributed by atoms with Crippen molar-refractivity contribution in [3.05, 3.63) is 0 Å². The molecule has 0 bridgehead atoms. The molecular formula is C9H15NO. The predicted molar refractivity (Wildman–Crippen MR) is 43.1 cm³/mol. The molecule has 2 aliphatic rings. The second kappa shape index (κ2) is 2.84. The number of carbonyl (C=O) groups is 1. The van der Waals surface area contributed by atoms with Gasteiger partial charge in [0.2, 0.25) is 5.91 Å². The van der Waals surface area contributed by atoms with Gasteiger partial charge in [0.25, 0.3) is 0 Å². The molecule has 0 radical (unpaired) electrons. The Labute approximate surface area is 67.4 Å². The van der Waals surface area contributed by atoms with Gasteiger partial charge in [0.05, 0.1) is 0 Å². The van der Waals surface area contributed by atoms with Gasteiger partial charge in [-0.1, -0.05) is 6.42 Å². The molecule has 0 spiro atoms. The predicted octanol–water partition coefficient (Wildman–Crippen LogP) is 1.31. The van der Waals surface area contributed by atoms with Crippen molar-refractivity contribution in [2.75, 3.05) is 6.54 Å². The first-order chi connectivity index (χ1) is 5.38. The fraction of sp³-hybridized carbons (Fsp3) is 0.889. The molecule has 2 nitrogen and oxygen atoms in total. The first kappa shape index (κ1) is 7.14. The van der Waals surface area contributed by atoms with Crippen molar-refractivity contribution in [1.82, 2.24) is 5.32 Å². The summed E-state index contributed by atoms with van der Waals surface area (Å²) >= 11 is 0. The average Bonchev–Trinajstić information content (AvgIpc) is 2.40.